The lowest BCUT2D eigenvalue weighted by molar-refractivity contribution is 0.328. The van der Waals surface area contributed by atoms with Gasteiger partial charge in [-0.15, -0.1) is 0 Å². The Morgan fingerprint density at radius 1 is 1.39 bits per heavy atom. The van der Waals surface area contributed by atoms with Gasteiger partial charge < -0.3 is 10.5 Å². The molecule has 0 amide bonds. The predicted molar refractivity (Wildman–Crippen MR) is 68.3 cm³/mol. The lowest BCUT2D eigenvalue weighted by Gasteiger charge is -2.04. The minimum atomic E-state index is 0.511. The van der Waals surface area contributed by atoms with Crippen molar-refractivity contribution in [3.05, 3.63) is 30.1 Å². The number of nitrogens with two attached hydrogens (primary N) is 1. The summed E-state index contributed by atoms with van der Waals surface area (Å²) in [4.78, 5) is 4.52. The van der Waals surface area contributed by atoms with E-state index in [2.05, 4.69) is 15.2 Å². The van der Waals surface area contributed by atoms with Crippen molar-refractivity contribution >= 4 is 0 Å². The summed E-state index contributed by atoms with van der Waals surface area (Å²) in [6.07, 6.45) is 2.43. The van der Waals surface area contributed by atoms with Crippen molar-refractivity contribution < 1.29 is 4.74 Å². The predicted octanol–water partition coefficient (Wildman–Crippen LogP) is 1.69. The second kappa shape index (κ2) is 4.78. The van der Waals surface area contributed by atoms with E-state index in [1.165, 1.54) is 12.8 Å². The van der Waals surface area contributed by atoms with Gasteiger partial charge >= 0.3 is 0 Å². The zero-order chi connectivity index (χ0) is 12.4. The molecular formula is C13H16N4O. The first kappa shape index (κ1) is 11.2. The number of hydrogen-bond acceptors (Lipinski definition) is 4. The van der Waals surface area contributed by atoms with Crippen molar-refractivity contribution in [2.75, 3.05) is 13.2 Å². The maximum atomic E-state index is 5.49. The number of ether oxygens (including phenoxy) is 1. The number of hydrogen-bond donors (Lipinski definition) is 2. The molecule has 1 fully saturated rings. The highest BCUT2D eigenvalue weighted by Gasteiger charge is 2.27. The number of H-pyrrole nitrogens is 1. The fourth-order valence-electron chi connectivity index (χ4n) is 1.84. The minimum absolute atomic E-state index is 0.511. The van der Waals surface area contributed by atoms with Gasteiger partial charge in [0.2, 0.25) is 0 Å². The molecule has 5 heteroatoms. The van der Waals surface area contributed by atoms with Crippen LogP contribution in [0.3, 0.4) is 0 Å². The zero-order valence-electron chi connectivity index (χ0n) is 10.1. The van der Waals surface area contributed by atoms with Crippen LogP contribution in [0.25, 0.3) is 11.4 Å². The Bertz CT molecular complexity index is 533. The molecule has 1 aliphatic rings. The molecule has 0 saturated heterocycles. The summed E-state index contributed by atoms with van der Waals surface area (Å²) >= 11 is 0. The summed E-state index contributed by atoms with van der Waals surface area (Å²) in [5, 5.41) is 7.26. The van der Waals surface area contributed by atoms with E-state index in [4.69, 9.17) is 10.5 Å². The molecule has 1 aromatic carbocycles. The van der Waals surface area contributed by atoms with E-state index >= 15 is 0 Å². The van der Waals surface area contributed by atoms with E-state index in [-0.39, 0.29) is 0 Å². The third-order valence-corrected chi connectivity index (χ3v) is 2.95. The second-order valence-corrected chi connectivity index (χ2v) is 4.48. The highest BCUT2D eigenvalue weighted by atomic mass is 16.5. The van der Waals surface area contributed by atoms with Gasteiger partial charge in [0.05, 0.1) is 0 Å². The Morgan fingerprint density at radius 2 is 2.28 bits per heavy atom. The molecule has 0 spiro atoms. The molecule has 0 radical (unpaired) electrons. The molecule has 94 valence electrons. The third kappa shape index (κ3) is 2.36. The number of nitrogens with zero attached hydrogens (tertiary/aromatic N) is 2. The lowest BCUT2D eigenvalue weighted by atomic mass is 10.2. The molecule has 18 heavy (non-hydrogen) atoms. The van der Waals surface area contributed by atoms with E-state index < -0.39 is 0 Å². The zero-order valence-corrected chi connectivity index (χ0v) is 10.1. The summed E-state index contributed by atoms with van der Waals surface area (Å²) in [5.41, 5.74) is 6.38. The van der Waals surface area contributed by atoms with Gasteiger partial charge in [0, 0.05) is 18.0 Å². The van der Waals surface area contributed by atoms with Gasteiger partial charge in [0.25, 0.3) is 0 Å². The number of rotatable bonds is 5. The summed E-state index contributed by atoms with van der Waals surface area (Å²) in [7, 11) is 0. The van der Waals surface area contributed by atoms with Crippen LogP contribution >= 0.6 is 0 Å². The largest absolute Gasteiger partial charge is 0.492 e. The van der Waals surface area contributed by atoms with Crippen molar-refractivity contribution in [1.82, 2.24) is 15.2 Å². The molecule has 5 nitrogen and oxygen atoms in total. The molecule has 0 atom stereocenters. The molecule has 3 N–H and O–H groups in total. The van der Waals surface area contributed by atoms with Crippen LogP contribution in [0, 0.1) is 0 Å². The fourth-order valence-corrected chi connectivity index (χ4v) is 1.84. The summed E-state index contributed by atoms with van der Waals surface area (Å²) in [6.45, 7) is 1.03. The van der Waals surface area contributed by atoms with Crippen molar-refractivity contribution in [2.24, 2.45) is 5.73 Å². The van der Waals surface area contributed by atoms with Gasteiger partial charge in [-0.25, -0.2) is 4.98 Å². The van der Waals surface area contributed by atoms with Crippen LogP contribution in [-0.4, -0.2) is 28.3 Å². The maximum absolute atomic E-state index is 5.49. The number of nitrogens with one attached hydrogen (secondary N) is 1. The van der Waals surface area contributed by atoms with E-state index in [1.54, 1.807) is 0 Å². The van der Waals surface area contributed by atoms with Gasteiger partial charge in [-0.1, -0.05) is 12.1 Å². The molecule has 1 aromatic heterocycles. The highest BCUT2D eigenvalue weighted by molar-refractivity contribution is 5.57. The SMILES string of the molecule is NCCOc1cccc(-c2n[nH]c(C3CC3)n2)c1. The molecule has 0 aliphatic heterocycles. The topological polar surface area (TPSA) is 76.8 Å². The average Bonchev–Trinajstić information content (AvgIpc) is 3.14. The van der Waals surface area contributed by atoms with Gasteiger partial charge in [-0.3, -0.25) is 5.10 Å². The monoisotopic (exact) mass is 244 g/mol. The quantitative estimate of drug-likeness (QED) is 0.839. The molecule has 1 saturated carbocycles. The molecular weight excluding hydrogens is 228 g/mol. The van der Waals surface area contributed by atoms with Gasteiger partial charge in [0.15, 0.2) is 5.82 Å². The molecule has 3 rings (SSSR count). The Labute approximate surface area is 105 Å². The van der Waals surface area contributed by atoms with Crippen LogP contribution in [0.4, 0.5) is 0 Å². The van der Waals surface area contributed by atoms with E-state index in [9.17, 15) is 0 Å². The summed E-state index contributed by atoms with van der Waals surface area (Å²) in [6, 6.07) is 7.77. The molecule has 0 unspecified atom stereocenters. The van der Waals surface area contributed by atoms with Crippen molar-refractivity contribution in [3.63, 3.8) is 0 Å². The molecule has 2 aromatic rings. The normalized spacial score (nSPS) is 14.7. The van der Waals surface area contributed by atoms with Gasteiger partial charge in [-0.2, -0.15) is 5.10 Å². The Balaban J connectivity index is 1.81. The first-order chi connectivity index (χ1) is 8.86. The third-order valence-electron chi connectivity index (χ3n) is 2.95. The van der Waals surface area contributed by atoms with E-state index in [1.807, 2.05) is 24.3 Å². The first-order valence-corrected chi connectivity index (χ1v) is 6.22. The van der Waals surface area contributed by atoms with Crippen LogP contribution in [0.1, 0.15) is 24.6 Å². The number of benzene rings is 1. The number of aromatic nitrogens is 3. The Morgan fingerprint density at radius 3 is 3.06 bits per heavy atom. The summed E-state index contributed by atoms with van der Waals surface area (Å²) < 4.78 is 5.49. The van der Waals surface area contributed by atoms with Crippen molar-refractivity contribution in [2.45, 2.75) is 18.8 Å². The van der Waals surface area contributed by atoms with E-state index in [0.29, 0.717) is 19.1 Å². The minimum Gasteiger partial charge on any atom is -0.492 e. The second-order valence-electron chi connectivity index (χ2n) is 4.48. The van der Waals surface area contributed by atoms with Gasteiger partial charge in [0.1, 0.15) is 18.2 Å². The smallest absolute Gasteiger partial charge is 0.181 e. The van der Waals surface area contributed by atoms with Crippen LogP contribution < -0.4 is 10.5 Å². The van der Waals surface area contributed by atoms with Crippen LogP contribution in [0.2, 0.25) is 0 Å². The maximum Gasteiger partial charge on any atom is 0.181 e. The molecule has 1 aliphatic carbocycles. The average molecular weight is 244 g/mol. The molecule has 0 bridgehead atoms. The molecule has 1 heterocycles. The fraction of sp³-hybridized carbons (Fsp3) is 0.385. The van der Waals surface area contributed by atoms with Crippen LogP contribution in [0.15, 0.2) is 24.3 Å². The standard InChI is InChI=1S/C13H16N4O/c14-6-7-18-11-3-1-2-10(8-11)13-15-12(16-17-13)9-4-5-9/h1-3,8-9H,4-7,14H2,(H,15,16,17). The number of aromatic amines is 1. The lowest BCUT2D eigenvalue weighted by Crippen LogP contribution is -2.10. The van der Waals surface area contributed by atoms with Crippen LogP contribution in [-0.2, 0) is 0 Å². The Hall–Kier alpha value is -1.88. The Kier molecular flexibility index (Phi) is 2.98. The van der Waals surface area contributed by atoms with Crippen molar-refractivity contribution in [1.29, 1.82) is 0 Å². The van der Waals surface area contributed by atoms with Gasteiger partial charge in [-0.05, 0) is 25.0 Å². The van der Waals surface area contributed by atoms with E-state index in [0.717, 1.165) is 23.0 Å². The highest BCUT2D eigenvalue weighted by Crippen LogP contribution is 2.38. The summed E-state index contributed by atoms with van der Waals surface area (Å²) in [5.74, 6) is 3.12. The van der Waals surface area contributed by atoms with Crippen LogP contribution in [0.5, 0.6) is 5.75 Å². The van der Waals surface area contributed by atoms with Crippen molar-refractivity contribution in [3.8, 4) is 17.1 Å². The first-order valence-electron chi connectivity index (χ1n) is 6.22.